The average Bonchev–Trinajstić information content (AvgIpc) is 2.37. The molecule has 112 valence electrons. The lowest BCUT2D eigenvalue weighted by molar-refractivity contribution is -0.131. The predicted molar refractivity (Wildman–Crippen MR) is 77.2 cm³/mol. The van der Waals surface area contributed by atoms with E-state index >= 15 is 0 Å². The molecule has 5 nitrogen and oxygen atoms in total. The van der Waals surface area contributed by atoms with Crippen molar-refractivity contribution in [2.75, 3.05) is 27.8 Å². The maximum atomic E-state index is 12.1. The number of ether oxygens (including phenoxy) is 2. The zero-order valence-corrected chi connectivity index (χ0v) is 12.8. The standard InChI is InChI=1S/C15H23NO4/c1-15(2,18)10-16(3)14(17)8-11-6-7-12(19-4)9-13(11)20-5/h6-7,9,18H,8,10H2,1-5H3. The Bertz CT molecular complexity index is 465. The quantitative estimate of drug-likeness (QED) is 0.858. The van der Waals surface area contributed by atoms with Crippen molar-refractivity contribution >= 4 is 5.91 Å². The Balaban J connectivity index is 2.80. The predicted octanol–water partition coefficient (Wildman–Crippen LogP) is 1.48. The Labute approximate surface area is 120 Å². The minimum atomic E-state index is -0.908. The van der Waals surface area contributed by atoms with Crippen molar-refractivity contribution in [3.63, 3.8) is 0 Å². The van der Waals surface area contributed by atoms with Gasteiger partial charge in [-0.1, -0.05) is 6.07 Å². The molecule has 0 aliphatic rings. The molecule has 20 heavy (non-hydrogen) atoms. The molecule has 0 spiro atoms. The van der Waals surface area contributed by atoms with Gasteiger partial charge in [-0.2, -0.15) is 0 Å². The Morgan fingerprint density at radius 2 is 1.95 bits per heavy atom. The van der Waals surface area contributed by atoms with E-state index in [9.17, 15) is 9.90 Å². The first kappa shape index (κ1) is 16.3. The molecule has 5 heteroatoms. The van der Waals surface area contributed by atoms with Gasteiger partial charge in [0.25, 0.3) is 0 Å². The smallest absolute Gasteiger partial charge is 0.226 e. The van der Waals surface area contributed by atoms with Crippen LogP contribution in [0.4, 0.5) is 0 Å². The summed E-state index contributed by atoms with van der Waals surface area (Å²) in [5.41, 5.74) is -0.116. The van der Waals surface area contributed by atoms with Crippen LogP contribution in [0, 0.1) is 0 Å². The van der Waals surface area contributed by atoms with Gasteiger partial charge in [0.2, 0.25) is 5.91 Å². The Hall–Kier alpha value is -1.75. The monoisotopic (exact) mass is 281 g/mol. The molecule has 0 saturated heterocycles. The van der Waals surface area contributed by atoms with E-state index < -0.39 is 5.60 Å². The lowest BCUT2D eigenvalue weighted by Crippen LogP contribution is -2.40. The molecule has 1 amide bonds. The van der Waals surface area contributed by atoms with Gasteiger partial charge in [0, 0.05) is 25.2 Å². The highest BCUT2D eigenvalue weighted by molar-refractivity contribution is 5.79. The van der Waals surface area contributed by atoms with E-state index in [-0.39, 0.29) is 18.9 Å². The third-order valence-electron chi connectivity index (χ3n) is 2.89. The van der Waals surface area contributed by atoms with Gasteiger partial charge < -0.3 is 19.5 Å². The van der Waals surface area contributed by atoms with Gasteiger partial charge in [0.05, 0.1) is 26.2 Å². The molecule has 0 aliphatic carbocycles. The molecule has 1 N–H and O–H groups in total. The zero-order chi connectivity index (χ0) is 15.3. The highest BCUT2D eigenvalue weighted by atomic mass is 16.5. The number of amides is 1. The summed E-state index contributed by atoms with van der Waals surface area (Å²) in [4.78, 5) is 13.7. The third kappa shape index (κ3) is 4.74. The minimum Gasteiger partial charge on any atom is -0.497 e. The van der Waals surface area contributed by atoms with Crippen LogP contribution in [0.2, 0.25) is 0 Å². The topological polar surface area (TPSA) is 59.0 Å². The van der Waals surface area contributed by atoms with E-state index in [4.69, 9.17) is 9.47 Å². The molecular formula is C15H23NO4. The van der Waals surface area contributed by atoms with E-state index in [1.165, 1.54) is 4.90 Å². The minimum absolute atomic E-state index is 0.0735. The SMILES string of the molecule is COc1ccc(CC(=O)N(C)CC(C)(C)O)c(OC)c1. The fourth-order valence-corrected chi connectivity index (χ4v) is 1.96. The number of carbonyl (C=O) groups excluding carboxylic acids is 1. The lowest BCUT2D eigenvalue weighted by Gasteiger charge is -2.25. The summed E-state index contributed by atoms with van der Waals surface area (Å²) in [5, 5.41) is 9.74. The van der Waals surface area contributed by atoms with Crippen LogP contribution in [0.25, 0.3) is 0 Å². The first-order valence-electron chi connectivity index (χ1n) is 6.44. The first-order chi connectivity index (χ1) is 9.26. The second-order valence-corrected chi connectivity index (χ2v) is 5.42. The molecule has 0 aromatic heterocycles. The summed E-state index contributed by atoms with van der Waals surface area (Å²) in [5.74, 6) is 1.23. The van der Waals surface area contributed by atoms with Crippen LogP contribution >= 0.6 is 0 Å². The highest BCUT2D eigenvalue weighted by Crippen LogP contribution is 2.25. The molecule has 0 saturated carbocycles. The van der Waals surface area contributed by atoms with Crippen molar-refractivity contribution < 1.29 is 19.4 Å². The van der Waals surface area contributed by atoms with Crippen molar-refractivity contribution in [1.82, 2.24) is 4.90 Å². The molecule has 0 radical (unpaired) electrons. The summed E-state index contributed by atoms with van der Waals surface area (Å²) < 4.78 is 10.4. The maximum Gasteiger partial charge on any atom is 0.226 e. The Morgan fingerprint density at radius 3 is 2.45 bits per heavy atom. The summed E-state index contributed by atoms with van der Waals surface area (Å²) in [6.45, 7) is 3.62. The third-order valence-corrected chi connectivity index (χ3v) is 2.89. The Kier molecular flexibility index (Phi) is 5.39. The van der Waals surface area contributed by atoms with Gasteiger partial charge >= 0.3 is 0 Å². The average molecular weight is 281 g/mol. The molecule has 0 fully saturated rings. The van der Waals surface area contributed by atoms with Crippen molar-refractivity contribution in [3.8, 4) is 11.5 Å². The molecule has 0 atom stereocenters. The number of methoxy groups -OCH3 is 2. The molecular weight excluding hydrogens is 258 g/mol. The molecule has 1 aromatic carbocycles. The van der Waals surface area contributed by atoms with Crippen LogP contribution in [0.1, 0.15) is 19.4 Å². The summed E-state index contributed by atoms with van der Waals surface area (Å²) >= 11 is 0. The van der Waals surface area contributed by atoms with Crippen molar-refractivity contribution in [2.24, 2.45) is 0 Å². The van der Waals surface area contributed by atoms with E-state index in [1.54, 1.807) is 47.2 Å². The number of carbonyl (C=O) groups is 1. The van der Waals surface area contributed by atoms with Crippen molar-refractivity contribution in [1.29, 1.82) is 0 Å². The van der Waals surface area contributed by atoms with Crippen LogP contribution in [0.3, 0.4) is 0 Å². The van der Waals surface area contributed by atoms with Crippen LogP contribution in [-0.2, 0) is 11.2 Å². The van der Waals surface area contributed by atoms with Crippen LogP contribution in [0.5, 0.6) is 11.5 Å². The summed E-state index contributed by atoms with van der Waals surface area (Å²) in [6.07, 6.45) is 0.222. The largest absolute Gasteiger partial charge is 0.497 e. The van der Waals surface area contributed by atoms with Crippen LogP contribution < -0.4 is 9.47 Å². The van der Waals surface area contributed by atoms with E-state index in [1.807, 2.05) is 6.07 Å². The fraction of sp³-hybridized carbons (Fsp3) is 0.533. The van der Waals surface area contributed by atoms with E-state index in [2.05, 4.69) is 0 Å². The number of aliphatic hydroxyl groups is 1. The summed E-state index contributed by atoms with van der Waals surface area (Å²) in [7, 11) is 4.82. The number of nitrogens with zero attached hydrogens (tertiary/aromatic N) is 1. The molecule has 1 aromatic rings. The van der Waals surface area contributed by atoms with Crippen molar-refractivity contribution in [3.05, 3.63) is 23.8 Å². The van der Waals surface area contributed by atoms with E-state index in [0.717, 1.165) is 5.56 Å². The van der Waals surface area contributed by atoms with Crippen LogP contribution in [-0.4, -0.2) is 49.3 Å². The van der Waals surface area contributed by atoms with Crippen LogP contribution in [0.15, 0.2) is 18.2 Å². The van der Waals surface area contributed by atoms with Gasteiger partial charge in [-0.15, -0.1) is 0 Å². The lowest BCUT2D eigenvalue weighted by atomic mass is 10.1. The number of hydrogen-bond donors (Lipinski definition) is 1. The zero-order valence-electron chi connectivity index (χ0n) is 12.8. The fourth-order valence-electron chi connectivity index (χ4n) is 1.96. The highest BCUT2D eigenvalue weighted by Gasteiger charge is 2.20. The van der Waals surface area contributed by atoms with Gasteiger partial charge in [-0.25, -0.2) is 0 Å². The van der Waals surface area contributed by atoms with E-state index in [0.29, 0.717) is 11.5 Å². The number of benzene rings is 1. The Morgan fingerprint density at radius 1 is 1.30 bits per heavy atom. The van der Waals surface area contributed by atoms with Gasteiger partial charge in [-0.05, 0) is 19.9 Å². The second-order valence-electron chi connectivity index (χ2n) is 5.42. The number of hydrogen-bond acceptors (Lipinski definition) is 4. The number of likely N-dealkylation sites (N-methyl/N-ethyl adjacent to an activating group) is 1. The maximum absolute atomic E-state index is 12.1. The molecule has 0 aliphatic heterocycles. The van der Waals surface area contributed by atoms with Gasteiger partial charge in [-0.3, -0.25) is 4.79 Å². The molecule has 0 heterocycles. The van der Waals surface area contributed by atoms with Gasteiger partial charge in [0.15, 0.2) is 0 Å². The van der Waals surface area contributed by atoms with Gasteiger partial charge in [0.1, 0.15) is 11.5 Å². The first-order valence-corrected chi connectivity index (χ1v) is 6.44. The molecule has 1 rings (SSSR count). The normalized spacial score (nSPS) is 11.1. The van der Waals surface area contributed by atoms with Crippen molar-refractivity contribution in [2.45, 2.75) is 25.9 Å². The second kappa shape index (κ2) is 6.61. The molecule has 0 unspecified atom stereocenters. The molecule has 0 bridgehead atoms. The number of rotatable bonds is 6. The summed E-state index contributed by atoms with van der Waals surface area (Å²) in [6, 6.07) is 5.35.